The van der Waals surface area contributed by atoms with Crippen molar-refractivity contribution in [3.8, 4) is 11.1 Å². The van der Waals surface area contributed by atoms with Crippen molar-refractivity contribution < 1.29 is 18.3 Å². The summed E-state index contributed by atoms with van der Waals surface area (Å²) in [6.07, 6.45) is -1.97. The van der Waals surface area contributed by atoms with Crippen LogP contribution in [0.5, 0.6) is 0 Å². The Labute approximate surface area is 162 Å². The summed E-state index contributed by atoms with van der Waals surface area (Å²) in [5.41, 5.74) is 4.85. The minimum Gasteiger partial charge on any atom is -0.423 e. The Balaban J connectivity index is 1.57. The average molecular weight is 431 g/mol. The first-order valence-corrected chi connectivity index (χ1v) is 8.89. The molecule has 1 N–H and O–H groups in total. The van der Waals surface area contributed by atoms with Crippen molar-refractivity contribution >= 4 is 27.7 Å². The molecule has 3 aromatic carbocycles. The van der Waals surface area contributed by atoms with E-state index in [0.717, 1.165) is 32.7 Å². The van der Waals surface area contributed by atoms with E-state index >= 15 is 0 Å². The molecular formula is C20H13BrF2N2O2. The van der Waals surface area contributed by atoms with Crippen LogP contribution in [0.15, 0.2) is 71.2 Å². The fourth-order valence-electron chi connectivity index (χ4n) is 2.86. The molecule has 0 aromatic heterocycles. The Kier molecular flexibility index (Phi) is 4.63. The van der Waals surface area contributed by atoms with Gasteiger partial charge in [0, 0.05) is 4.47 Å². The lowest BCUT2D eigenvalue weighted by molar-refractivity contribution is 0.125. The molecule has 1 amide bonds. The van der Waals surface area contributed by atoms with Crippen LogP contribution in [0.3, 0.4) is 0 Å². The standard InChI is InChI=1S/C20H13BrF2N2O2/c21-14-8-4-12(5-9-14)13-6-10-15(11-7-13)25-20(26)27-19(24-25)18-16(22)2-1-3-17(18)23/h1-11,19,24H. The lowest BCUT2D eigenvalue weighted by Crippen LogP contribution is -2.34. The largest absolute Gasteiger partial charge is 0.431 e. The third-order valence-corrected chi connectivity index (χ3v) is 4.74. The van der Waals surface area contributed by atoms with Crippen molar-refractivity contribution in [1.29, 1.82) is 0 Å². The van der Waals surface area contributed by atoms with Crippen molar-refractivity contribution in [3.05, 3.63) is 88.4 Å². The number of nitrogens with one attached hydrogen (secondary N) is 1. The molecule has 1 unspecified atom stereocenters. The van der Waals surface area contributed by atoms with Crippen LogP contribution in [0.1, 0.15) is 11.8 Å². The molecule has 1 atom stereocenters. The molecule has 27 heavy (non-hydrogen) atoms. The molecule has 4 rings (SSSR count). The summed E-state index contributed by atoms with van der Waals surface area (Å²) in [6, 6.07) is 18.5. The summed E-state index contributed by atoms with van der Waals surface area (Å²) in [6.45, 7) is 0. The number of cyclic esters (lactones) is 1. The van der Waals surface area contributed by atoms with Crippen LogP contribution in [0.25, 0.3) is 11.1 Å². The van der Waals surface area contributed by atoms with E-state index < -0.39 is 24.0 Å². The van der Waals surface area contributed by atoms with Gasteiger partial charge in [0.2, 0.25) is 6.23 Å². The molecule has 0 radical (unpaired) electrons. The molecule has 136 valence electrons. The van der Waals surface area contributed by atoms with Crippen molar-refractivity contribution in [3.63, 3.8) is 0 Å². The number of halogens is 3. The van der Waals surface area contributed by atoms with Crippen molar-refractivity contribution in [2.24, 2.45) is 0 Å². The highest BCUT2D eigenvalue weighted by Crippen LogP contribution is 2.30. The summed E-state index contributed by atoms with van der Waals surface area (Å²) in [7, 11) is 0. The number of amides is 1. The highest BCUT2D eigenvalue weighted by Gasteiger charge is 2.36. The zero-order valence-corrected chi connectivity index (χ0v) is 15.4. The SMILES string of the molecule is O=C1OC(c2c(F)cccc2F)NN1c1ccc(-c2ccc(Br)cc2)cc1. The van der Waals surface area contributed by atoms with E-state index in [1.165, 1.54) is 6.07 Å². The maximum absolute atomic E-state index is 13.9. The molecule has 0 bridgehead atoms. The van der Waals surface area contributed by atoms with Crippen LogP contribution in [-0.2, 0) is 4.74 Å². The summed E-state index contributed by atoms with van der Waals surface area (Å²) >= 11 is 3.40. The van der Waals surface area contributed by atoms with E-state index in [0.29, 0.717) is 5.69 Å². The van der Waals surface area contributed by atoms with Gasteiger partial charge in [-0.3, -0.25) is 0 Å². The number of carbonyl (C=O) groups excluding carboxylic acids is 1. The number of hydrazine groups is 1. The Morgan fingerprint density at radius 1 is 0.889 bits per heavy atom. The van der Waals surface area contributed by atoms with Crippen molar-refractivity contribution in [2.45, 2.75) is 6.23 Å². The minimum absolute atomic E-state index is 0.333. The first-order valence-electron chi connectivity index (χ1n) is 8.10. The second-order valence-electron chi connectivity index (χ2n) is 5.92. The van der Waals surface area contributed by atoms with Gasteiger partial charge in [-0.05, 0) is 47.5 Å². The zero-order chi connectivity index (χ0) is 19.0. The van der Waals surface area contributed by atoms with E-state index in [1.807, 2.05) is 36.4 Å². The van der Waals surface area contributed by atoms with Gasteiger partial charge >= 0.3 is 6.09 Å². The molecular weight excluding hydrogens is 418 g/mol. The van der Waals surface area contributed by atoms with Crippen LogP contribution < -0.4 is 10.4 Å². The van der Waals surface area contributed by atoms with Gasteiger partial charge in [-0.1, -0.05) is 46.3 Å². The van der Waals surface area contributed by atoms with Gasteiger partial charge in [0.1, 0.15) is 11.6 Å². The molecule has 1 aliphatic rings. The number of nitrogens with zero attached hydrogens (tertiary/aromatic N) is 1. The lowest BCUT2D eigenvalue weighted by atomic mass is 10.1. The van der Waals surface area contributed by atoms with Crippen LogP contribution in [-0.4, -0.2) is 6.09 Å². The second-order valence-corrected chi connectivity index (χ2v) is 6.83. The van der Waals surface area contributed by atoms with Gasteiger partial charge in [-0.15, -0.1) is 0 Å². The Morgan fingerprint density at radius 3 is 2.04 bits per heavy atom. The quantitative estimate of drug-likeness (QED) is 0.591. The molecule has 1 fully saturated rings. The molecule has 0 spiro atoms. The van der Waals surface area contributed by atoms with Gasteiger partial charge in [0.25, 0.3) is 0 Å². The fourth-order valence-corrected chi connectivity index (χ4v) is 3.12. The third kappa shape index (κ3) is 3.43. The third-order valence-electron chi connectivity index (χ3n) is 4.21. The number of anilines is 1. The topological polar surface area (TPSA) is 41.6 Å². The Bertz CT molecular complexity index is 974. The number of carbonyl (C=O) groups is 1. The second kappa shape index (κ2) is 7.09. The Hall–Kier alpha value is -2.77. The number of rotatable bonds is 3. The summed E-state index contributed by atoms with van der Waals surface area (Å²) < 4.78 is 33.9. The number of ether oxygens (including phenoxy) is 1. The number of benzene rings is 3. The first-order chi connectivity index (χ1) is 13.0. The van der Waals surface area contributed by atoms with Gasteiger partial charge in [0.15, 0.2) is 0 Å². The van der Waals surface area contributed by atoms with Crippen LogP contribution in [0, 0.1) is 11.6 Å². The molecule has 1 aliphatic heterocycles. The van der Waals surface area contributed by atoms with Crippen LogP contribution in [0.4, 0.5) is 19.3 Å². The predicted octanol–water partition coefficient (Wildman–Crippen LogP) is 5.55. The minimum atomic E-state index is -1.23. The van der Waals surface area contributed by atoms with Crippen LogP contribution in [0.2, 0.25) is 0 Å². The van der Waals surface area contributed by atoms with Gasteiger partial charge in [-0.2, -0.15) is 5.43 Å². The summed E-state index contributed by atoms with van der Waals surface area (Å²) in [4.78, 5) is 12.2. The monoisotopic (exact) mass is 430 g/mol. The van der Waals surface area contributed by atoms with E-state index in [4.69, 9.17) is 4.74 Å². The highest BCUT2D eigenvalue weighted by molar-refractivity contribution is 9.10. The van der Waals surface area contributed by atoms with Gasteiger partial charge in [0.05, 0.1) is 11.3 Å². The lowest BCUT2D eigenvalue weighted by Gasteiger charge is -2.15. The Morgan fingerprint density at radius 2 is 1.44 bits per heavy atom. The fraction of sp³-hybridized carbons (Fsp3) is 0.0500. The maximum Gasteiger partial charge on any atom is 0.431 e. The molecule has 3 aromatic rings. The van der Waals surface area contributed by atoms with E-state index in [1.54, 1.807) is 12.1 Å². The number of hydrogen-bond donors (Lipinski definition) is 1. The van der Waals surface area contributed by atoms with E-state index in [2.05, 4.69) is 21.4 Å². The molecule has 0 saturated carbocycles. The van der Waals surface area contributed by atoms with Gasteiger partial charge in [-0.25, -0.2) is 18.6 Å². The van der Waals surface area contributed by atoms with E-state index in [9.17, 15) is 13.6 Å². The maximum atomic E-state index is 13.9. The predicted molar refractivity (Wildman–Crippen MR) is 101 cm³/mol. The van der Waals surface area contributed by atoms with Gasteiger partial charge < -0.3 is 4.74 Å². The van der Waals surface area contributed by atoms with Crippen LogP contribution >= 0.6 is 15.9 Å². The summed E-state index contributed by atoms with van der Waals surface area (Å²) in [5.74, 6) is -1.57. The van der Waals surface area contributed by atoms with Crippen molar-refractivity contribution in [2.75, 3.05) is 5.01 Å². The molecule has 7 heteroatoms. The summed E-state index contributed by atoms with van der Waals surface area (Å²) in [5, 5.41) is 1.13. The number of hydrogen-bond acceptors (Lipinski definition) is 3. The first kappa shape index (κ1) is 17.6. The zero-order valence-electron chi connectivity index (χ0n) is 13.8. The average Bonchev–Trinajstić information content (AvgIpc) is 3.04. The molecule has 1 saturated heterocycles. The van der Waals surface area contributed by atoms with E-state index in [-0.39, 0.29) is 5.56 Å². The molecule has 4 nitrogen and oxygen atoms in total. The molecule has 0 aliphatic carbocycles. The smallest absolute Gasteiger partial charge is 0.423 e. The van der Waals surface area contributed by atoms with Crippen molar-refractivity contribution in [1.82, 2.24) is 5.43 Å². The molecule has 1 heterocycles. The highest BCUT2D eigenvalue weighted by atomic mass is 79.9. The normalized spacial score (nSPS) is 16.5.